The van der Waals surface area contributed by atoms with Gasteiger partial charge in [-0.2, -0.15) is 25.3 Å². The third kappa shape index (κ3) is 2.52. The highest BCUT2D eigenvalue weighted by Gasteiger charge is 2.13. The zero-order valence-corrected chi connectivity index (χ0v) is 12.0. The minimum Gasteiger partial charge on any atom is -0.496 e. The first-order chi connectivity index (χ1) is 8.81. The SMILES string of the molecule is COc1ccc(CS)c(-c2ccccc2)c1CS. The lowest BCUT2D eigenvalue weighted by Gasteiger charge is -2.16. The quantitative estimate of drug-likeness (QED) is 0.795. The highest BCUT2D eigenvalue weighted by molar-refractivity contribution is 7.79. The Morgan fingerprint density at radius 2 is 1.67 bits per heavy atom. The van der Waals surface area contributed by atoms with E-state index in [2.05, 4.69) is 43.5 Å². The van der Waals surface area contributed by atoms with E-state index in [1.165, 1.54) is 16.7 Å². The number of hydrogen-bond acceptors (Lipinski definition) is 3. The minimum atomic E-state index is 0.648. The van der Waals surface area contributed by atoms with Crippen LogP contribution < -0.4 is 4.74 Å². The summed E-state index contributed by atoms with van der Waals surface area (Å²) in [5, 5.41) is 0. The van der Waals surface area contributed by atoms with Gasteiger partial charge in [-0.05, 0) is 22.8 Å². The molecule has 0 aromatic heterocycles. The van der Waals surface area contributed by atoms with Gasteiger partial charge in [-0.3, -0.25) is 0 Å². The summed E-state index contributed by atoms with van der Waals surface area (Å²) in [7, 11) is 1.69. The summed E-state index contributed by atoms with van der Waals surface area (Å²) in [4.78, 5) is 0. The number of thiol groups is 2. The highest BCUT2D eigenvalue weighted by Crippen LogP contribution is 2.35. The summed E-state index contributed by atoms with van der Waals surface area (Å²) in [6.45, 7) is 0. The molecule has 0 aliphatic carbocycles. The fourth-order valence-corrected chi connectivity index (χ4v) is 2.70. The maximum atomic E-state index is 5.42. The van der Waals surface area contributed by atoms with E-state index in [0.29, 0.717) is 11.5 Å². The average Bonchev–Trinajstić information content (AvgIpc) is 2.46. The van der Waals surface area contributed by atoms with Gasteiger partial charge in [0.25, 0.3) is 0 Å². The van der Waals surface area contributed by atoms with Gasteiger partial charge in [0.05, 0.1) is 7.11 Å². The molecule has 2 rings (SSSR count). The van der Waals surface area contributed by atoms with Crippen LogP contribution in [0.4, 0.5) is 0 Å². The van der Waals surface area contributed by atoms with Crippen LogP contribution in [0.5, 0.6) is 5.75 Å². The fourth-order valence-electron chi connectivity index (χ4n) is 2.12. The van der Waals surface area contributed by atoms with Crippen molar-refractivity contribution in [3.05, 3.63) is 53.6 Å². The largest absolute Gasteiger partial charge is 0.496 e. The molecule has 2 aromatic rings. The van der Waals surface area contributed by atoms with E-state index >= 15 is 0 Å². The van der Waals surface area contributed by atoms with Gasteiger partial charge in [0.1, 0.15) is 5.75 Å². The van der Waals surface area contributed by atoms with Gasteiger partial charge in [-0.15, -0.1) is 0 Å². The first kappa shape index (κ1) is 13.4. The summed E-state index contributed by atoms with van der Waals surface area (Å²) >= 11 is 8.85. The van der Waals surface area contributed by atoms with Crippen molar-refractivity contribution in [2.75, 3.05) is 7.11 Å². The van der Waals surface area contributed by atoms with Gasteiger partial charge >= 0.3 is 0 Å². The Morgan fingerprint density at radius 3 is 2.22 bits per heavy atom. The molecule has 0 spiro atoms. The molecular weight excluding hydrogens is 260 g/mol. The van der Waals surface area contributed by atoms with E-state index in [9.17, 15) is 0 Å². The molecule has 0 N–H and O–H groups in total. The monoisotopic (exact) mass is 276 g/mol. The van der Waals surface area contributed by atoms with Crippen molar-refractivity contribution in [1.29, 1.82) is 0 Å². The molecule has 0 atom stereocenters. The van der Waals surface area contributed by atoms with Gasteiger partial charge in [-0.25, -0.2) is 0 Å². The van der Waals surface area contributed by atoms with E-state index in [-0.39, 0.29) is 0 Å². The van der Waals surface area contributed by atoms with Crippen LogP contribution in [0.2, 0.25) is 0 Å². The Hall–Kier alpha value is -1.06. The first-order valence-corrected chi connectivity index (χ1v) is 7.04. The molecule has 0 bridgehead atoms. The second-order valence-electron chi connectivity index (χ2n) is 3.96. The smallest absolute Gasteiger partial charge is 0.123 e. The van der Waals surface area contributed by atoms with Crippen molar-refractivity contribution in [2.24, 2.45) is 0 Å². The van der Waals surface area contributed by atoms with E-state index in [1.54, 1.807) is 7.11 Å². The minimum absolute atomic E-state index is 0.648. The molecule has 0 radical (unpaired) electrons. The molecule has 0 heterocycles. The van der Waals surface area contributed by atoms with Crippen LogP contribution in [-0.4, -0.2) is 7.11 Å². The van der Waals surface area contributed by atoms with Gasteiger partial charge in [0, 0.05) is 17.1 Å². The lowest BCUT2D eigenvalue weighted by Crippen LogP contribution is -1.97. The molecular formula is C15H16OS2. The van der Waals surface area contributed by atoms with E-state index in [0.717, 1.165) is 11.3 Å². The predicted octanol–water partition coefficient (Wildman–Crippen LogP) is 4.22. The Kier molecular flexibility index (Phi) is 4.61. The van der Waals surface area contributed by atoms with Crippen LogP contribution in [0.1, 0.15) is 11.1 Å². The molecule has 0 saturated carbocycles. The van der Waals surface area contributed by atoms with Crippen LogP contribution in [0, 0.1) is 0 Å². The van der Waals surface area contributed by atoms with Gasteiger partial charge in [-0.1, -0.05) is 36.4 Å². The third-order valence-electron chi connectivity index (χ3n) is 2.97. The predicted molar refractivity (Wildman–Crippen MR) is 83.8 cm³/mol. The van der Waals surface area contributed by atoms with Crippen molar-refractivity contribution in [3.63, 3.8) is 0 Å². The maximum Gasteiger partial charge on any atom is 0.123 e. The molecule has 0 aliphatic heterocycles. The summed E-state index contributed by atoms with van der Waals surface area (Å²) in [6, 6.07) is 14.4. The second kappa shape index (κ2) is 6.21. The molecule has 1 nitrogen and oxygen atoms in total. The summed E-state index contributed by atoms with van der Waals surface area (Å²) in [6.07, 6.45) is 0. The average molecular weight is 276 g/mol. The van der Waals surface area contributed by atoms with Crippen LogP contribution in [-0.2, 0) is 11.5 Å². The molecule has 2 aromatic carbocycles. The number of benzene rings is 2. The Balaban J connectivity index is 2.69. The number of ether oxygens (including phenoxy) is 1. The summed E-state index contributed by atoms with van der Waals surface area (Å²) < 4.78 is 5.42. The Labute approximate surface area is 119 Å². The topological polar surface area (TPSA) is 9.23 Å². The molecule has 0 fully saturated rings. The first-order valence-electron chi connectivity index (χ1n) is 5.77. The number of methoxy groups -OCH3 is 1. The van der Waals surface area contributed by atoms with E-state index in [1.807, 2.05) is 24.3 Å². The van der Waals surface area contributed by atoms with Crippen LogP contribution >= 0.6 is 25.3 Å². The summed E-state index contributed by atoms with van der Waals surface area (Å²) in [5.74, 6) is 2.23. The molecule has 18 heavy (non-hydrogen) atoms. The molecule has 0 aliphatic rings. The zero-order chi connectivity index (χ0) is 13.0. The number of hydrogen-bond donors (Lipinski definition) is 2. The van der Waals surface area contributed by atoms with Crippen molar-refractivity contribution in [3.8, 4) is 16.9 Å². The van der Waals surface area contributed by atoms with E-state index in [4.69, 9.17) is 4.74 Å². The van der Waals surface area contributed by atoms with Gasteiger partial charge in [0.15, 0.2) is 0 Å². The lowest BCUT2D eigenvalue weighted by atomic mass is 9.95. The Morgan fingerprint density at radius 1 is 0.944 bits per heavy atom. The molecule has 94 valence electrons. The van der Waals surface area contributed by atoms with Gasteiger partial charge < -0.3 is 4.74 Å². The normalized spacial score (nSPS) is 10.4. The van der Waals surface area contributed by atoms with Gasteiger partial charge in [0.2, 0.25) is 0 Å². The second-order valence-corrected chi connectivity index (χ2v) is 4.60. The standard InChI is InChI=1S/C15H16OS2/c1-16-14-8-7-12(9-17)15(13(14)10-18)11-5-3-2-4-6-11/h2-8,17-18H,9-10H2,1H3. The molecule has 3 heteroatoms. The maximum absolute atomic E-state index is 5.42. The third-order valence-corrected chi connectivity index (χ3v) is 3.62. The molecule has 0 unspecified atom stereocenters. The van der Waals surface area contributed by atoms with Crippen LogP contribution in [0.25, 0.3) is 11.1 Å². The van der Waals surface area contributed by atoms with E-state index < -0.39 is 0 Å². The zero-order valence-electron chi connectivity index (χ0n) is 10.3. The van der Waals surface area contributed by atoms with Crippen LogP contribution in [0.3, 0.4) is 0 Å². The van der Waals surface area contributed by atoms with Crippen molar-refractivity contribution in [1.82, 2.24) is 0 Å². The number of rotatable bonds is 4. The van der Waals surface area contributed by atoms with Crippen LogP contribution in [0.15, 0.2) is 42.5 Å². The molecule has 0 saturated heterocycles. The highest BCUT2D eigenvalue weighted by atomic mass is 32.1. The van der Waals surface area contributed by atoms with Crippen molar-refractivity contribution >= 4 is 25.3 Å². The van der Waals surface area contributed by atoms with Crippen molar-refractivity contribution in [2.45, 2.75) is 11.5 Å². The Bertz CT molecular complexity index is 524. The lowest BCUT2D eigenvalue weighted by molar-refractivity contribution is 0.411. The molecule has 0 amide bonds. The fraction of sp³-hybridized carbons (Fsp3) is 0.200. The van der Waals surface area contributed by atoms with Crippen molar-refractivity contribution < 1.29 is 4.74 Å². The summed E-state index contributed by atoms with van der Waals surface area (Å²) in [5.41, 5.74) is 4.71.